The van der Waals surface area contributed by atoms with Crippen LogP contribution in [0.1, 0.15) is 6.42 Å². The van der Waals surface area contributed by atoms with Gasteiger partial charge in [-0.25, -0.2) is 4.79 Å². The lowest BCUT2D eigenvalue weighted by Gasteiger charge is -2.15. The van der Waals surface area contributed by atoms with E-state index in [0.29, 0.717) is 0 Å². The van der Waals surface area contributed by atoms with E-state index in [2.05, 4.69) is 46.0 Å². The van der Waals surface area contributed by atoms with Crippen LogP contribution in [0.2, 0.25) is 0 Å². The standard InChI is InChI=1S/C43H31N9O19S6/c53-43-47-41(44-33-11-13-35(29-19-23(72(54,55)56)7-9-25(29)33)51-49-21-15-31-27(39(17-21)76(66,67)68)3-1-5-37(31)74(60,61)62)46-42(48-43)45-34-12-14-36(30-20-24(73(57,58)59)8-10-26(30)34)52-50-22-16-32-28(40(18-22)77(69,70)71)4-2-6-38(32)75(63,64)65/h1-7,9-20,24H,8H2,(H,54,55,56)(H,57,58,59)(H,60,61,62)(H,63,64,65)(H,66,67,68)(H,69,70,71)(H3,44,45,46,47,48,53). The molecule has 1 aliphatic rings. The van der Waals surface area contributed by atoms with Crippen LogP contribution in [-0.2, 0) is 60.7 Å². The van der Waals surface area contributed by atoms with Crippen molar-refractivity contribution in [3.05, 3.63) is 124 Å². The molecule has 0 saturated heterocycles. The first-order valence-corrected chi connectivity index (χ1v) is 29.8. The number of aromatic nitrogens is 3. The summed E-state index contributed by atoms with van der Waals surface area (Å²) >= 11 is 0. The van der Waals surface area contributed by atoms with E-state index < -0.39 is 96.1 Å². The third kappa shape index (κ3) is 11.3. The van der Waals surface area contributed by atoms with Crippen molar-refractivity contribution in [1.29, 1.82) is 0 Å². The van der Waals surface area contributed by atoms with Crippen molar-refractivity contribution in [2.24, 2.45) is 20.5 Å². The van der Waals surface area contributed by atoms with Crippen LogP contribution in [0.5, 0.6) is 0 Å². The average molecular weight is 1170 g/mol. The van der Waals surface area contributed by atoms with Crippen LogP contribution in [0, 0.1) is 0 Å². The number of hydrogen-bond acceptors (Lipinski definition) is 21. The molecule has 398 valence electrons. The summed E-state index contributed by atoms with van der Waals surface area (Å²) in [5.41, 5.74) is -1.85. The van der Waals surface area contributed by atoms with E-state index in [1.165, 1.54) is 42.5 Å². The van der Waals surface area contributed by atoms with E-state index in [-0.39, 0.29) is 95.2 Å². The van der Waals surface area contributed by atoms with Gasteiger partial charge in [-0.2, -0.15) is 70.7 Å². The molecule has 0 saturated carbocycles. The molecule has 0 bridgehead atoms. The molecule has 0 radical (unpaired) electrons. The van der Waals surface area contributed by atoms with Gasteiger partial charge in [-0.15, -0.1) is 10.2 Å². The largest absolute Gasteiger partial charge is 0.373 e. The van der Waals surface area contributed by atoms with Gasteiger partial charge in [0.2, 0.25) is 11.9 Å². The number of hydrogen-bond donors (Lipinski definition) is 9. The van der Waals surface area contributed by atoms with Gasteiger partial charge >= 0.3 is 5.69 Å². The summed E-state index contributed by atoms with van der Waals surface area (Å²) < 4.78 is 207. The number of aromatic amines is 1. The minimum Gasteiger partial charge on any atom is -0.325 e. The topological polar surface area (TPSA) is 458 Å². The molecule has 9 rings (SSSR count). The lowest BCUT2D eigenvalue weighted by atomic mass is 10.0. The Kier molecular flexibility index (Phi) is 13.5. The number of fused-ring (bicyclic) bond motifs is 4. The van der Waals surface area contributed by atoms with Crippen molar-refractivity contribution in [3.8, 4) is 0 Å². The van der Waals surface area contributed by atoms with E-state index in [4.69, 9.17) is 0 Å². The maximum Gasteiger partial charge on any atom is 0.373 e. The summed E-state index contributed by atoms with van der Waals surface area (Å²) in [5.74, 6) is -0.596. The number of azo groups is 2. The summed E-state index contributed by atoms with van der Waals surface area (Å²) in [6, 6.07) is 18.8. The van der Waals surface area contributed by atoms with Crippen LogP contribution in [0.3, 0.4) is 0 Å². The summed E-state index contributed by atoms with van der Waals surface area (Å²) in [7, 11) is -29.6. The zero-order chi connectivity index (χ0) is 55.8. The van der Waals surface area contributed by atoms with Crippen molar-refractivity contribution in [2.75, 3.05) is 10.6 Å². The van der Waals surface area contributed by atoms with E-state index in [1.54, 1.807) is 0 Å². The number of nitrogens with zero attached hydrogens (tertiary/aromatic N) is 6. The highest BCUT2D eigenvalue weighted by atomic mass is 32.2. The molecule has 1 aromatic heterocycles. The number of H-pyrrole nitrogens is 1. The summed E-state index contributed by atoms with van der Waals surface area (Å²) in [6.45, 7) is 0. The van der Waals surface area contributed by atoms with Gasteiger partial charge in [0.1, 0.15) is 24.8 Å². The molecule has 0 aliphatic heterocycles. The summed E-state index contributed by atoms with van der Waals surface area (Å²) in [6.07, 6.45) is 2.22. The van der Waals surface area contributed by atoms with Gasteiger partial charge in [0.05, 0.1) is 27.6 Å². The van der Waals surface area contributed by atoms with Crippen molar-refractivity contribution in [3.63, 3.8) is 0 Å². The van der Waals surface area contributed by atoms with Crippen molar-refractivity contribution in [2.45, 2.75) is 36.1 Å². The van der Waals surface area contributed by atoms with Crippen LogP contribution >= 0.6 is 0 Å². The van der Waals surface area contributed by atoms with Crippen molar-refractivity contribution < 1.29 is 77.8 Å². The first-order valence-electron chi connectivity index (χ1n) is 21.1. The van der Waals surface area contributed by atoms with Crippen LogP contribution < -0.4 is 26.8 Å². The smallest absolute Gasteiger partial charge is 0.325 e. The van der Waals surface area contributed by atoms with E-state index in [9.17, 15) is 82.6 Å². The molecular formula is C43H31N9O19S6. The molecule has 0 amide bonds. The Labute approximate surface area is 432 Å². The minimum atomic E-state index is -5.05. The third-order valence-electron chi connectivity index (χ3n) is 11.4. The van der Waals surface area contributed by atoms with Crippen LogP contribution in [0.4, 0.5) is 46.0 Å². The highest BCUT2D eigenvalue weighted by molar-refractivity contribution is 7.87. The molecule has 0 spiro atoms. The normalized spacial score (nSPS) is 14.7. The first-order chi connectivity index (χ1) is 35.8. The van der Waals surface area contributed by atoms with E-state index in [0.717, 1.165) is 72.8 Å². The maximum atomic E-state index is 13.0. The highest BCUT2D eigenvalue weighted by Gasteiger charge is 2.26. The molecule has 1 unspecified atom stereocenters. The molecular weight excluding hydrogens is 1140 g/mol. The summed E-state index contributed by atoms with van der Waals surface area (Å²) in [4.78, 5) is 19.8. The monoisotopic (exact) mass is 1170 g/mol. The first kappa shape index (κ1) is 53.9. The van der Waals surface area contributed by atoms with Gasteiger partial charge in [0.15, 0.2) is 0 Å². The lowest BCUT2D eigenvalue weighted by Crippen LogP contribution is -2.35. The molecule has 1 aliphatic carbocycles. The quantitative estimate of drug-likeness (QED) is 0.0486. The molecule has 8 aromatic rings. The minimum absolute atomic E-state index is 0.00658. The second kappa shape index (κ2) is 19.3. The molecule has 34 heteroatoms. The Morgan fingerprint density at radius 1 is 0.468 bits per heavy atom. The van der Waals surface area contributed by atoms with Gasteiger partial charge in [0.25, 0.3) is 60.7 Å². The number of nitrogens with one attached hydrogen (secondary N) is 3. The maximum absolute atomic E-state index is 13.0. The van der Waals surface area contributed by atoms with Crippen molar-refractivity contribution >= 4 is 151 Å². The molecule has 0 fully saturated rings. The van der Waals surface area contributed by atoms with Crippen LogP contribution in [-0.4, -0.2) is 98.0 Å². The fraction of sp³-hybridized carbons (Fsp3) is 0.0465. The third-order valence-corrected chi connectivity index (χ3v) is 17.0. The van der Waals surface area contributed by atoms with E-state index in [1.807, 2.05) is 0 Å². The van der Waals surface area contributed by atoms with Gasteiger partial charge in [-0.3, -0.25) is 32.3 Å². The number of rotatable bonds is 14. The second-order valence-electron chi connectivity index (χ2n) is 16.4. The highest BCUT2D eigenvalue weighted by Crippen LogP contribution is 2.38. The molecule has 77 heavy (non-hydrogen) atoms. The van der Waals surface area contributed by atoms with E-state index >= 15 is 0 Å². The molecule has 9 N–H and O–H groups in total. The van der Waals surface area contributed by atoms with Crippen LogP contribution in [0.15, 0.2) is 153 Å². The predicted molar refractivity (Wildman–Crippen MR) is 273 cm³/mol. The van der Waals surface area contributed by atoms with Gasteiger partial charge in [-0.1, -0.05) is 42.5 Å². The van der Waals surface area contributed by atoms with Gasteiger partial charge in [-0.05, 0) is 79.2 Å². The number of benzene rings is 7. The Bertz CT molecular complexity index is 4890. The zero-order valence-corrected chi connectivity index (χ0v) is 42.8. The van der Waals surface area contributed by atoms with Crippen LogP contribution in [0.25, 0.3) is 44.5 Å². The fourth-order valence-corrected chi connectivity index (χ4v) is 12.2. The molecule has 1 atom stereocenters. The van der Waals surface area contributed by atoms with Crippen molar-refractivity contribution in [1.82, 2.24) is 15.0 Å². The van der Waals surface area contributed by atoms with Gasteiger partial charge < -0.3 is 10.6 Å². The Balaban J connectivity index is 1.09. The number of anilines is 4. The second-order valence-corrected chi connectivity index (χ2v) is 25.0. The fourth-order valence-electron chi connectivity index (χ4n) is 8.17. The Morgan fingerprint density at radius 3 is 1.47 bits per heavy atom. The average Bonchev–Trinajstić information content (AvgIpc) is 3.33. The Hall–Kier alpha value is -7.87. The SMILES string of the molecule is O=c1nc(Nc2ccc(N=Nc3cc(S(=O)(=O)O)c4cccc(S(=O)(=O)O)c4c3)c3c2=CCC(S(=O)(=O)O)C=3)[nH]c(Nc2ccc(N=Nc3cc(S(=O)(=O)O)c4cccc(S(=O)(=O)O)c4c3)c3cc(S(=O)(=O)O)ccc23)n1. The van der Waals surface area contributed by atoms with Gasteiger partial charge in [0, 0.05) is 54.1 Å². The predicted octanol–water partition coefficient (Wildman–Crippen LogP) is 5.40. The Morgan fingerprint density at radius 2 is 0.961 bits per heavy atom. The zero-order valence-electron chi connectivity index (χ0n) is 37.9. The molecule has 1 heterocycles. The summed E-state index contributed by atoms with van der Waals surface area (Å²) in [5, 5.41) is 19.4. The molecule has 28 nitrogen and oxygen atoms in total. The molecule has 7 aromatic carbocycles. The lowest BCUT2D eigenvalue weighted by molar-refractivity contribution is 0.476.